The van der Waals surface area contributed by atoms with Crippen molar-refractivity contribution < 1.29 is 9.84 Å². The molecule has 2 unspecified atom stereocenters. The molecule has 0 aliphatic rings. The normalized spacial score (nSPS) is 14.5. The molecule has 0 aliphatic heterocycles. The number of methoxy groups -OCH3 is 1. The number of hydrogen-bond donors (Lipinski definition) is 2. The highest BCUT2D eigenvalue weighted by molar-refractivity contribution is 5.38. The molecule has 0 aliphatic carbocycles. The fourth-order valence-corrected chi connectivity index (χ4v) is 2.39. The molecule has 4 heteroatoms. The Balaban J connectivity index is 2.71. The van der Waals surface area contributed by atoms with Gasteiger partial charge in [0.2, 0.25) is 0 Å². The predicted molar refractivity (Wildman–Crippen MR) is 87.9 cm³/mol. The second-order valence-corrected chi connectivity index (χ2v) is 6.28. The van der Waals surface area contributed by atoms with E-state index in [2.05, 4.69) is 38.2 Å². The number of benzene rings is 1. The van der Waals surface area contributed by atoms with Crippen LogP contribution in [0.25, 0.3) is 0 Å². The molecule has 0 saturated carbocycles. The number of ether oxygens (including phenoxy) is 1. The molecule has 1 aromatic rings. The standard InChI is InChI=1S/C17H30N2O2/c1-12(2)15(11-19(4)5)18-10-16(20)14-9-13(3)7-8-17(14)21-6/h7-9,12,15-16,18,20H,10-11H2,1-6H3. The van der Waals surface area contributed by atoms with Crippen molar-refractivity contribution in [1.29, 1.82) is 0 Å². The van der Waals surface area contributed by atoms with Crippen LogP contribution < -0.4 is 10.1 Å². The summed E-state index contributed by atoms with van der Waals surface area (Å²) in [6.45, 7) is 7.89. The van der Waals surface area contributed by atoms with Crippen LogP contribution >= 0.6 is 0 Å². The van der Waals surface area contributed by atoms with E-state index in [0.717, 1.165) is 23.4 Å². The van der Waals surface area contributed by atoms with Crippen LogP contribution in [-0.2, 0) is 0 Å². The van der Waals surface area contributed by atoms with Gasteiger partial charge in [0.05, 0.1) is 13.2 Å². The average molecular weight is 294 g/mol. The van der Waals surface area contributed by atoms with Gasteiger partial charge in [-0.25, -0.2) is 0 Å². The molecule has 2 N–H and O–H groups in total. The minimum Gasteiger partial charge on any atom is -0.496 e. The highest BCUT2D eigenvalue weighted by Gasteiger charge is 2.18. The number of nitrogens with zero attached hydrogens (tertiary/aromatic N) is 1. The first-order valence-electron chi connectivity index (χ1n) is 7.55. The fraction of sp³-hybridized carbons (Fsp3) is 0.647. The van der Waals surface area contributed by atoms with Gasteiger partial charge >= 0.3 is 0 Å². The molecule has 0 saturated heterocycles. The minimum absolute atomic E-state index is 0.352. The summed E-state index contributed by atoms with van der Waals surface area (Å²) < 4.78 is 5.34. The summed E-state index contributed by atoms with van der Waals surface area (Å²) >= 11 is 0. The lowest BCUT2D eigenvalue weighted by molar-refractivity contribution is 0.156. The second-order valence-electron chi connectivity index (χ2n) is 6.28. The van der Waals surface area contributed by atoms with Gasteiger partial charge in [-0.2, -0.15) is 0 Å². The van der Waals surface area contributed by atoms with Gasteiger partial charge in [0.25, 0.3) is 0 Å². The number of aliphatic hydroxyl groups excluding tert-OH is 1. The van der Waals surface area contributed by atoms with E-state index in [1.807, 2.05) is 25.1 Å². The number of rotatable bonds is 8. The van der Waals surface area contributed by atoms with Crippen molar-refractivity contribution in [3.05, 3.63) is 29.3 Å². The Morgan fingerprint density at radius 3 is 2.48 bits per heavy atom. The van der Waals surface area contributed by atoms with E-state index in [0.29, 0.717) is 18.5 Å². The van der Waals surface area contributed by atoms with Gasteiger partial charge in [0.1, 0.15) is 5.75 Å². The molecule has 120 valence electrons. The maximum Gasteiger partial charge on any atom is 0.124 e. The zero-order chi connectivity index (χ0) is 16.0. The highest BCUT2D eigenvalue weighted by Crippen LogP contribution is 2.26. The van der Waals surface area contributed by atoms with Crippen molar-refractivity contribution in [2.75, 3.05) is 34.3 Å². The zero-order valence-corrected chi connectivity index (χ0v) is 14.2. The van der Waals surface area contributed by atoms with E-state index in [-0.39, 0.29) is 0 Å². The quantitative estimate of drug-likeness (QED) is 0.771. The number of aryl methyl sites for hydroxylation is 1. The Hall–Kier alpha value is -1.10. The molecule has 1 rings (SSSR count). The van der Waals surface area contributed by atoms with Crippen LogP contribution in [0.3, 0.4) is 0 Å². The maximum absolute atomic E-state index is 10.5. The van der Waals surface area contributed by atoms with Crippen molar-refractivity contribution >= 4 is 0 Å². The van der Waals surface area contributed by atoms with Crippen molar-refractivity contribution in [3.63, 3.8) is 0 Å². The smallest absolute Gasteiger partial charge is 0.124 e. The average Bonchev–Trinajstić information content (AvgIpc) is 2.42. The molecule has 4 nitrogen and oxygen atoms in total. The first-order chi connectivity index (χ1) is 9.85. The summed E-state index contributed by atoms with van der Waals surface area (Å²) in [5.74, 6) is 1.25. The predicted octanol–water partition coefficient (Wildman–Crippen LogP) is 2.21. The van der Waals surface area contributed by atoms with Crippen LogP contribution in [0.15, 0.2) is 18.2 Å². The van der Waals surface area contributed by atoms with E-state index in [1.165, 1.54) is 0 Å². The molecule has 1 aromatic carbocycles. The summed E-state index contributed by atoms with van der Waals surface area (Å²) in [5, 5.41) is 13.9. The lowest BCUT2D eigenvalue weighted by atomic mass is 10.0. The fourth-order valence-electron chi connectivity index (χ4n) is 2.39. The number of hydrogen-bond acceptors (Lipinski definition) is 4. The van der Waals surface area contributed by atoms with E-state index >= 15 is 0 Å². The van der Waals surface area contributed by atoms with Crippen LogP contribution in [-0.4, -0.2) is 50.3 Å². The Bertz CT molecular complexity index is 433. The molecular weight excluding hydrogens is 264 g/mol. The second kappa shape index (κ2) is 8.37. The van der Waals surface area contributed by atoms with Crippen molar-refractivity contribution in [1.82, 2.24) is 10.2 Å². The monoisotopic (exact) mass is 294 g/mol. The van der Waals surface area contributed by atoms with Crippen LogP contribution in [0.5, 0.6) is 5.75 Å². The van der Waals surface area contributed by atoms with Gasteiger partial charge in [0, 0.05) is 24.7 Å². The Labute approximate surface area is 129 Å². The van der Waals surface area contributed by atoms with Crippen LogP contribution in [0.2, 0.25) is 0 Å². The SMILES string of the molecule is COc1ccc(C)cc1C(O)CNC(CN(C)C)C(C)C. The summed E-state index contributed by atoms with van der Waals surface area (Å²) in [5.41, 5.74) is 1.97. The zero-order valence-electron chi connectivity index (χ0n) is 14.2. The first-order valence-corrected chi connectivity index (χ1v) is 7.55. The maximum atomic E-state index is 10.5. The number of likely N-dealkylation sites (N-methyl/N-ethyl adjacent to an activating group) is 1. The molecular formula is C17H30N2O2. The Morgan fingerprint density at radius 2 is 1.95 bits per heavy atom. The van der Waals surface area contributed by atoms with Crippen LogP contribution in [0, 0.1) is 12.8 Å². The molecule has 0 bridgehead atoms. The van der Waals surface area contributed by atoms with E-state index < -0.39 is 6.10 Å². The van der Waals surface area contributed by atoms with Crippen LogP contribution in [0.4, 0.5) is 0 Å². The van der Waals surface area contributed by atoms with Gasteiger partial charge in [-0.15, -0.1) is 0 Å². The van der Waals surface area contributed by atoms with E-state index in [1.54, 1.807) is 7.11 Å². The molecule has 2 atom stereocenters. The van der Waals surface area contributed by atoms with Gasteiger partial charge in [-0.1, -0.05) is 25.5 Å². The van der Waals surface area contributed by atoms with E-state index in [9.17, 15) is 5.11 Å². The third-order valence-corrected chi connectivity index (χ3v) is 3.68. The largest absolute Gasteiger partial charge is 0.496 e. The lowest BCUT2D eigenvalue weighted by Gasteiger charge is -2.27. The van der Waals surface area contributed by atoms with Crippen molar-refractivity contribution in [2.24, 2.45) is 5.92 Å². The topological polar surface area (TPSA) is 44.7 Å². The third kappa shape index (κ3) is 5.65. The van der Waals surface area contributed by atoms with Gasteiger partial charge in [-0.05, 0) is 39.1 Å². The van der Waals surface area contributed by atoms with Gasteiger partial charge < -0.3 is 20.1 Å². The summed E-state index contributed by atoms with van der Waals surface area (Å²) in [4.78, 5) is 2.16. The minimum atomic E-state index is -0.566. The summed E-state index contributed by atoms with van der Waals surface area (Å²) in [7, 11) is 5.77. The molecule has 0 radical (unpaired) electrons. The summed E-state index contributed by atoms with van der Waals surface area (Å²) in [6, 6.07) is 6.24. The Morgan fingerprint density at radius 1 is 1.29 bits per heavy atom. The summed E-state index contributed by atoms with van der Waals surface area (Å²) in [6.07, 6.45) is -0.566. The molecule has 21 heavy (non-hydrogen) atoms. The lowest BCUT2D eigenvalue weighted by Crippen LogP contribution is -2.43. The Kier molecular flexibility index (Phi) is 7.15. The van der Waals surface area contributed by atoms with Gasteiger partial charge in [-0.3, -0.25) is 0 Å². The van der Waals surface area contributed by atoms with Crippen molar-refractivity contribution in [3.8, 4) is 5.75 Å². The molecule has 0 heterocycles. The number of aliphatic hydroxyl groups is 1. The molecule has 0 fully saturated rings. The molecule has 0 amide bonds. The van der Waals surface area contributed by atoms with Crippen molar-refractivity contribution in [2.45, 2.75) is 32.9 Å². The number of nitrogens with one attached hydrogen (secondary N) is 1. The first kappa shape index (κ1) is 18.0. The molecule has 0 spiro atoms. The molecule has 0 aromatic heterocycles. The van der Waals surface area contributed by atoms with Crippen LogP contribution in [0.1, 0.15) is 31.1 Å². The van der Waals surface area contributed by atoms with E-state index in [4.69, 9.17) is 4.74 Å². The third-order valence-electron chi connectivity index (χ3n) is 3.68. The van der Waals surface area contributed by atoms with Gasteiger partial charge in [0.15, 0.2) is 0 Å². The highest BCUT2D eigenvalue weighted by atomic mass is 16.5.